The third kappa shape index (κ3) is 6.68. The summed E-state index contributed by atoms with van der Waals surface area (Å²) < 4.78 is 0. The molecule has 0 aromatic heterocycles. The van der Waals surface area contributed by atoms with E-state index in [1.807, 2.05) is 60.7 Å². The molecular weight excluding hydrogens is 456 g/mol. The van der Waals surface area contributed by atoms with Crippen LogP contribution in [0.4, 0.5) is 0 Å². The molecule has 1 saturated heterocycles. The van der Waals surface area contributed by atoms with Crippen molar-refractivity contribution in [2.75, 3.05) is 6.54 Å². The zero-order valence-corrected chi connectivity index (χ0v) is 19.6. The van der Waals surface area contributed by atoms with Gasteiger partial charge in [0.05, 0.1) is 12.1 Å². The summed E-state index contributed by atoms with van der Waals surface area (Å²) in [5.74, 6) is -4.15. The normalized spacial score (nSPS) is 19.4. The fraction of sp³-hybridized carbons (Fsp3) is 0.360. The molecule has 0 spiro atoms. The Balaban J connectivity index is 1.67. The van der Waals surface area contributed by atoms with E-state index in [2.05, 4.69) is 5.32 Å². The van der Waals surface area contributed by atoms with Gasteiger partial charge >= 0.3 is 11.9 Å². The van der Waals surface area contributed by atoms with Crippen LogP contribution in [0, 0.1) is 0 Å². The summed E-state index contributed by atoms with van der Waals surface area (Å²) in [5, 5.41) is 21.7. The van der Waals surface area contributed by atoms with Gasteiger partial charge in [-0.25, -0.2) is 9.59 Å². The van der Waals surface area contributed by atoms with E-state index in [4.69, 9.17) is 0 Å². The van der Waals surface area contributed by atoms with Gasteiger partial charge in [0.2, 0.25) is 5.91 Å². The molecule has 0 bridgehead atoms. The van der Waals surface area contributed by atoms with E-state index in [1.165, 1.54) is 23.6 Å². The first-order valence-electron chi connectivity index (χ1n) is 11.1. The number of aliphatic carboxylic acids is 2. The number of Topliss-reactive ketones (excluding diaryl/α,β-unsaturated/α-hetero) is 1. The standard InChI is InChI=1S/C25H28N2O6S/c1-16(26-20(22(28)25(32)33)13-12-17-8-4-2-5-9-17)23(29)27-15-19(14-21(27)24(30)31)34-18-10-6-3-7-11-18/h2-11,16,19-21,26H,12-15H2,1H3,(H,30,31)(H,32,33)/t16-,19-,20-,21-/m0/s1. The topological polar surface area (TPSA) is 124 Å². The number of carboxylic acids is 2. The highest BCUT2D eigenvalue weighted by molar-refractivity contribution is 8.00. The van der Waals surface area contributed by atoms with Crippen LogP contribution >= 0.6 is 11.8 Å². The molecule has 3 rings (SSSR count). The van der Waals surface area contributed by atoms with Crippen LogP contribution in [-0.2, 0) is 25.6 Å². The molecule has 3 N–H and O–H groups in total. The lowest BCUT2D eigenvalue weighted by molar-refractivity contribution is -0.151. The summed E-state index contributed by atoms with van der Waals surface area (Å²) in [6.07, 6.45) is 0.955. The van der Waals surface area contributed by atoms with Crippen molar-refractivity contribution in [1.82, 2.24) is 10.2 Å². The Morgan fingerprint density at radius 1 is 1.03 bits per heavy atom. The van der Waals surface area contributed by atoms with Crippen LogP contribution < -0.4 is 5.32 Å². The predicted octanol–water partition coefficient (Wildman–Crippen LogP) is 2.47. The van der Waals surface area contributed by atoms with Crippen LogP contribution in [0.25, 0.3) is 0 Å². The maximum Gasteiger partial charge on any atom is 0.373 e. The second kappa shape index (κ2) is 11.8. The lowest BCUT2D eigenvalue weighted by atomic mass is 10.0. The first-order chi connectivity index (χ1) is 16.3. The monoisotopic (exact) mass is 484 g/mol. The van der Waals surface area contributed by atoms with E-state index in [0.717, 1.165) is 10.5 Å². The SMILES string of the molecule is C[C@H](N[C@@H](CCc1ccccc1)C(=O)C(=O)O)C(=O)N1C[C@@H](Sc2ccccc2)C[C@H]1C(=O)O. The van der Waals surface area contributed by atoms with Crippen molar-refractivity contribution in [1.29, 1.82) is 0 Å². The molecule has 1 fully saturated rings. The molecule has 180 valence electrons. The fourth-order valence-electron chi connectivity index (χ4n) is 4.07. The number of nitrogens with one attached hydrogen (secondary N) is 1. The lowest BCUT2D eigenvalue weighted by Crippen LogP contribution is -2.54. The van der Waals surface area contributed by atoms with E-state index in [1.54, 1.807) is 0 Å². The molecule has 34 heavy (non-hydrogen) atoms. The van der Waals surface area contributed by atoms with Crippen LogP contribution in [0.5, 0.6) is 0 Å². The van der Waals surface area contributed by atoms with Crippen LogP contribution in [0.1, 0.15) is 25.3 Å². The molecule has 0 unspecified atom stereocenters. The number of ketones is 1. The third-order valence-electron chi connectivity index (χ3n) is 5.79. The Hall–Kier alpha value is -3.17. The molecule has 8 nitrogen and oxygen atoms in total. The average Bonchev–Trinajstić information content (AvgIpc) is 3.26. The Morgan fingerprint density at radius 2 is 1.65 bits per heavy atom. The average molecular weight is 485 g/mol. The Bertz CT molecular complexity index is 1020. The van der Waals surface area contributed by atoms with Crippen molar-refractivity contribution in [3.8, 4) is 0 Å². The molecule has 1 aliphatic rings. The fourth-order valence-corrected chi connectivity index (χ4v) is 5.28. The number of aryl methyl sites for hydroxylation is 1. The van der Waals surface area contributed by atoms with Gasteiger partial charge < -0.3 is 15.1 Å². The second-order valence-electron chi connectivity index (χ2n) is 8.27. The number of likely N-dealkylation sites (tertiary alicyclic amines) is 1. The first-order valence-corrected chi connectivity index (χ1v) is 12.0. The zero-order chi connectivity index (χ0) is 24.7. The van der Waals surface area contributed by atoms with Crippen molar-refractivity contribution in [3.63, 3.8) is 0 Å². The molecule has 9 heteroatoms. The number of hydrogen-bond acceptors (Lipinski definition) is 6. The number of carbonyl (C=O) groups is 4. The van der Waals surface area contributed by atoms with Crippen molar-refractivity contribution in [3.05, 3.63) is 66.2 Å². The Labute approximate surface area is 202 Å². The molecule has 0 radical (unpaired) electrons. The minimum atomic E-state index is -1.57. The van der Waals surface area contributed by atoms with Gasteiger partial charge in [0.25, 0.3) is 5.78 Å². The predicted molar refractivity (Wildman–Crippen MR) is 128 cm³/mol. The van der Waals surface area contributed by atoms with Crippen LogP contribution in [0.15, 0.2) is 65.6 Å². The number of carboxylic acid groups (broad SMARTS) is 2. The van der Waals surface area contributed by atoms with Crippen molar-refractivity contribution < 1.29 is 29.4 Å². The molecule has 0 saturated carbocycles. The summed E-state index contributed by atoms with van der Waals surface area (Å²) in [5.41, 5.74) is 0.942. The van der Waals surface area contributed by atoms with Gasteiger partial charge in [-0.15, -0.1) is 11.8 Å². The minimum Gasteiger partial charge on any atom is -0.480 e. The highest BCUT2D eigenvalue weighted by atomic mass is 32.2. The van der Waals surface area contributed by atoms with E-state index in [0.29, 0.717) is 12.8 Å². The number of nitrogens with zero attached hydrogens (tertiary/aromatic N) is 1. The summed E-state index contributed by atoms with van der Waals surface area (Å²) in [6.45, 7) is 1.78. The van der Waals surface area contributed by atoms with Crippen molar-refractivity contribution in [2.24, 2.45) is 0 Å². The van der Waals surface area contributed by atoms with Gasteiger partial charge in [-0.05, 0) is 43.9 Å². The number of rotatable bonds is 11. The van der Waals surface area contributed by atoms with Gasteiger partial charge in [0.15, 0.2) is 0 Å². The molecule has 1 heterocycles. The number of hydrogen-bond donors (Lipinski definition) is 3. The number of amides is 1. The molecule has 0 aliphatic carbocycles. The van der Waals surface area contributed by atoms with Crippen molar-refractivity contribution >= 4 is 35.4 Å². The minimum absolute atomic E-state index is 0.0887. The smallest absolute Gasteiger partial charge is 0.373 e. The largest absolute Gasteiger partial charge is 0.480 e. The zero-order valence-electron chi connectivity index (χ0n) is 18.8. The van der Waals surface area contributed by atoms with Gasteiger partial charge in [0.1, 0.15) is 6.04 Å². The summed E-state index contributed by atoms with van der Waals surface area (Å²) in [4.78, 5) is 51.0. The van der Waals surface area contributed by atoms with E-state index < -0.39 is 41.8 Å². The van der Waals surface area contributed by atoms with Gasteiger partial charge in [-0.1, -0.05) is 48.5 Å². The number of thioether (sulfide) groups is 1. The van der Waals surface area contributed by atoms with Gasteiger partial charge in [-0.2, -0.15) is 0 Å². The first kappa shape index (κ1) is 25.5. The second-order valence-corrected chi connectivity index (χ2v) is 9.64. The summed E-state index contributed by atoms with van der Waals surface area (Å²) in [6, 6.07) is 15.9. The highest BCUT2D eigenvalue weighted by Crippen LogP contribution is 2.33. The summed E-state index contributed by atoms with van der Waals surface area (Å²) in [7, 11) is 0. The van der Waals surface area contributed by atoms with Crippen LogP contribution in [-0.4, -0.2) is 68.7 Å². The number of benzene rings is 2. The molecule has 1 amide bonds. The maximum absolute atomic E-state index is 13.2. The van der Waals surface area contributed by atoms with Crippen LogP contribution in [0.2, 0.25) is 0 Å². The van der Waals surface area contributed by atoms with Crippen molar-refractivity contribution in [2.45, 2.75) is 54.5 Å². The molecular formula is C25H28N2O6S. The molecule has 2 aromatic carbocycles. The highest BCUT2D eigenvalue weighted by Gasteiger charge is 2.42. The summed E-state index contributed by atoms with van der Waals surface area (Å²) >= 11 is 1.52. The maximum atomic E-state index is 13.2. The molecule has 4 atom stereocenters. The van der Waals surface area contributed by atoms with Gasteiger partial charge in [-0.3, -0.25) is 14.9 Å². The third-order valence-corrected chi connectivity index (χ3v) is 7.01. The quantitative estimate of drug-likeness (QED) is 0.416. The van der Waals surface area contributed by atoms with Gasteiger partial charge in [0, 0.05) is 16.7 Å². The van der Waals surface area contributed by atoms with E-state index in [9.17, 15) is 29.4 Å². The van der Waals surface area contributed by atoms with E-state index in [-0.39, 0.29) is 18.2 Å². The lowest BCUT2D eigenvalue weighted by Gasteiger charge is -2.27. The Kier molecular flexibility index (Phi) is 8.84. The molecule has 1 aliphatic heterocycles. The number of carbonyl (C=O) groups excluding carboxylic acids is 2. The van der Waals surface area contributed by atoms with Crippen LogP contribution in [0.3, 0.4) is 0 Å². The van der Waals surface area contributed by atoms with E-state index >= 15 is 0 Å². The molecule has 2 aromatic rings. The Morgan fingerprint density at radius 3 is 2.24 bits per heavy atom.